The lowest BCUT2D eigenvalue weighted by Gasteiger charge is -2.23. The highest BCUT2D eigenvalue weighted by molar-refractivity contribution is 7.99. The summed E-state index contributed by atoms with van der Waals surface area (Å²) in [7, 11) is 1.71. The molecule has 20 heavy (non-hydrogen) atoms. The van der Waals surface area contributed by atoms with Gasteiger partial charge in [0, 0.05) is 13.1 Å². The Morgan fingerprint density at radius 2 is 2.15 bits per heavy atom. The van der Waals surface area contributed by atoms with Gasteiger partial charge in [0.15, 0.2) is 5.16 Å². The third kappa shape index (κ3) is 2.96. The number of hydrogen-bond donors (Lipinski definition) is 2. The van der Waals surface area contributed by atoms with Crippen LogP contribution in [0.1, 0.15) is 29.7 Å². The number of rotatable bonds is 5. The van der Waals surface area contributed by atoms with Gasteiger partial charge in [0.1, 0.15) is 0 Å². The maximum atomic E-state index is 11.5. The number of nitrogens with two attached hydrogens (primary N) is 1. The van der Waals surface area contributed by atoms with E-state index in [4.69, 9.17) is 5.73 Å². The Kier molecular flexibility index (Phi) is 4.67. The molecule has 108 valence electrons. The molecule has 0 spiro atoms. The summed E-state index contributed by atoms with van der Waals surface area (Å²) in [6.45, 7) is 4.15. The summed E-state index contributed by atoms with van der Waals surface area (Å²) in [6, 6.07) is 8.21. The third-order valence-corrected chi connectivity index (χ3v) is 4.86. The first-order chi connectivity index (χ1) is 9.54. The van der Waals surface area contributed by atoms with Crippen LogP contribution in [0.15, 0.2) is 34.2 Å². The Balaban J connectivity index is 2.36. The van der Waals surface area contributed by atoms with Gasteiger partial charge in [-0.05, 0) is 24.5 Å². The molecule has 2 atom stereocenters. The Bertz CT molecular complexity index is 634. The molecule has 5 nitrogen and oxygen atoms in total. The van der Waals surface area contributed by atoms with Crippen LogP contribution in [0.5, 0.6) is 0 Å². The maximum Gasteiger partial charge on any atom is 0.343 e. The molecule has 0 radical (unpaired) electrons. The predicted molar refractivity (Wildman–Crippen MR) is 81.9 cm³/mol. The lowest BCUT2D eigenvalue weighted by molar-refractivity contribution is 0.628. The molecule has 0 aliphatic heterocycles. The molecular formula is C14H20N4OS. The van der Waals surface area contributed by atoms with Gasteiger partial charge in [-0.3, -0.25) is 4.57 Å². The number of aromatic amines is 1. The smallest absolute Gasteiger partial charge is 0.326 e. The molecule has 0 bridgehead atoms. The topological polar surface area (TPSA) is 76.7 Å². The van der Waals surface area contributed by atoms with Crippen LogP contribution in [-0.4, -0.2) is 20.8 Å². The third-order valence-electron chi connectivity index (χ3n) is 3.43. The fourth-order valence-corrected chi connectivity index (χ4v) is 3.38. The molecule has 0 aliphatic rings. The van der Waals surface area contributed by atoms with Crippen molar-refractivity contribution in [1.29, 1.82) is 0 Å². The van der Waals surface area contributed by atoms with Crippen molar-refractivity contribution in [2.24, 2.45) is 12.8 Å². The van der Waals surface area contributed by atoms with Crippen molar-refractivity contribution in [2.45, 2.75) is 36.7 Å². The fourth-order valence-electron chi connectivity index (χ4n) is 2.05. The van der Waals surface area contributed by atoms with Crippen LogP contribution in [0.4, 0.5) is 0 Å². The molecule has 0 fully saturated rings. The largest absolute Gasteiger partial charge is 0.343 e. The van der Waals surface area contributed by atoms with E-state index in [2.05, 4.69) is 36.2 Å². The van der Waals surface area contributed by atoms with Crippen molar-refractivity contribution >= 4 is 11.8 Å². The number of benzene rings is 1. The van der Waals surface area contributed by atoms with Gasteiger partial charge in [-0.1, -0.05) is 43.0 Å². The summed E-state index contributed by atoms with van der Waals surface area (Å²) >= 11 is 1.53. The lowest BCUT2D eigenvalue weighted by atomic mass is 10.00. The number of hydrogen-bond acceptors (Lipinski definition) is 4. The van der Waals surface area contributed by atoms with Crippen LogP contribution in [0.3, 0.4) is 0 Å². The molecule has 0 saturated carbocycles. The Hall–Kier alpha value is -1.53. The number of H-pyrrole nitrogens is 1. The van der Waals surface area contributed by atoms with Gasteiger partial charge in [-0.25, -0.2) is 9.89 Å². The molecule has 1 heterocycles. The van der Waals surface area contributed by atoms with Crippen LogP contribution in [0, 0.1) is 6.92 Å². The molecule has 6 heteroatoms. The standard InChI is InChI=1S/C14H20N4OS/c1-4-11(15)12(10-8-6-5-7-9(10)2)20-14-17-16-13(19)18(14)3/h5-8,11-12H,4,15H2,1-3H3,(H,16,19). The number of nitrogens with one attached hydrogen (secondary N) is 1. The molecule has 0 amide bonds. The zero-order valence-corrected chi connectivity index (χ0v) is 12.8. The minimum absolute atomic E-state index is 0.00732. The molecule has 2 unspecified atom stereocenters. The second kappa shape index (κ2) is 6.28. The fraction of sp³-hybridized carbons (Fsp3) is 0.429. The average Bonchev–Trinajstić information content (AvgIpc) is 2.76. The normalized spacial score (nSPS) is 14.2. The lowest BCUT2D eigenvalue weighted by Crippen LogP contribution is -2.26. The first-order valence-corrected chi connectivity index (χ1v) is 7.51. The SMILES string of the molecule is CCC(N)C(Sc1n[nH]c(=O)n1C)c1ccccc1C. The zero-order chi connectivity index (χ0) is 14.7. The van der Waals surface area contributed by atoms with E-state index in [9.17, 15) is 4.79 Å². The quantitative estimate of drug-likeness (QED) is 0.826. The van der Waals surface area contributed by atoms with Gasteiger partial charge in [0.25, 0.3) is 0 Å². The van der Waals surface area contributed by atoms with Gasteiger partial charge in [0.05, 0.1) is 5.25 Å². The Morgan fingerprint density at radius 3 is 2.70 bits per heavy atom. The second-order valence-electron chi connectivity index (χ2n) is 4.84. The van der Waals surface area contributed by atoms with E-state index >= 15 is 0 Å². The van der Waals surface area contributed by atoms with Crippen LogP contribution in [-0.2, 0) is 7.05 Å². The van der Waals surface area contributed by atoms with Gasteiger partial charge in [-0.2, -0.15) is 0 Å². The van der Waals surface area contributed by atoms with Crippen molar-refractivity contribution in [3.8, 4) is 0 Å². The van der Waals surface area contributed by atoms with Crippen LogP contribution in [0.2, 0.25) is 0 Å². The van der Waals surface area contributed by atoms with Crippen molar-refractivity contribution in [1.82, 2.24) is 14.8 Å². The predicted octanol–water partition coefficient (Wildman–Crippen LogP) is 1.99. The van der Waals surface area contributed by atoms with Crippen molar-refractivity contribution in [3.05, 3.63) is 45.9 Å². The highest BCUT2D eigenvalue weighted by Gasteiger charge is 2.23. The maximum absolute atomic E-state index is 11.5. The first kappa shape index (κ1) is 14.9. The van der Waals surface area contributed by atoms with E-state index in [-0.39, 0.29) is 17.0 Å². The van der Waals surface area contributed by atoms with E-state index in [1.165, 1.54) is 27.5 Å². The Morgan fingerprint density at radius 1 is 1.45 bits per heavy atom. The average molecular weight is 292 g/mol. The molecule has 3 N–H and O–H groups in total. The summed E-state index contributed by atoms with van der Waals surface area (Å²) in [5, 5.41) is 7.26. The van der Waals surface area contributed by atoms with Gasteiger partial charge in [0.2, 0.25) is 0 Å². The van der Waals surface area contributed by atoms with E-state index in [1.807, 2.05) is 12.1 Å². The number of nitrogens with zero attached hydrogens (tertiary/aromatic N) is 2. The molecule has 2 rings (SSSR count). The minimum Gasteiger partial charge on any atom is -0.326 e. The molecular weight excluding hydrogens is 272 g/mol. The summed E-state index contributed by atoms with van der Waals surface area (Å²) in [5.74, 6) is 0. The molecule has 1 aromatic carbocycles. The van der Waals surface area contributed by atoms with Gasteiger partial charge in [-0.15, -0.1) is 5.10 Å². The molecule has 2 aromatic rings. The van der Waals surface area contributed by atoms with E-state index in [0.717, 1.165) is 6.42 Å². The van der Waals surface area contributed by atoms with Crippen LogP contribution in [0.25, 0.3) is 0 Å². The van der Waals surface area contributed by atoms with Crippen molar-refractivity contribution in [2.75, 3.05) is 0 Å². The van der Waals surface area contributed by atoms with Gasteiger partial charge >= 0.3 is 5.69 Å². The van der Waals surface area contributed by atoms with E-state index in [0.29, 0.717) is 5.16 Å². The summed E-state index contributed by atoms with van der Waals surface area (Å²) in [5.41, 5.74) is 8.47. The molecule has 1 aromatic heterocycles. The number of aryl methyl sites for hydroxylation is 1. The zero-order valence-electron chi connectivity index (χ0n) is 12.0. The number of aromatic nitrogens is 3. The first-order valence-electron chi connectivity index (χ1n) is 6.63. The van der Waals surface area contributed by atoms with Crippen LogP contribution < -0.4 is 11.4 Å². The minimum atomic E-state index is -0.207. The second-order valence-corrected chi connectivity index (χ2v) is 5.95. The highest BCUT2D eigenvalue weighted by Crippen LogP contribution is 2.37. The van der Waals surface area contributed by atoms with Crippen LogP contribution >= 0.6 is 11.8 Å². The Labute approximate surface area is 122 Å². The van der Waals surface area contributed by atoms with Gasteiger partial charge < -0.3 is 5.73 Å². The van der Waals surface area contributed by atoms with E-state index < -0.39 is 0 Å². The van der Waals surface area contributed by atoms with Crippen molar-refractivity contribution < 1.29 is 0 Å². The summed E-state index contributed by atoms with van der Waals surface area (Å²) < 4.78 is 1.51. The summed E-state index contributed by atoms with van der Waals surface area (Å²) in [4.78, 5) is 11.5. The molecule has 0 saturated heterocycles. The number of thioether (sulfide) groups is 1. The van der Waals surface area contributed by atoms with E-state index in [1.54, 1.807) is 7.05 Å². The van der Waals surface area contributed by atoms with Crippen molar-refractivity contribution in [3.63, 3.8) is 0 Å². The highest BCUT2D eigenvalue weighted by atomic mass is 32.2. The molecule has 0 aliphatic carbocycles. The monoisotopic (exact) mass is 292 g/mol. The summed E-state index contributed by atoms with van der Waals surface area (Å²) in [6.07, 6.45) is 0.865.